The molecule has 3 nitrogen and oxygen atoms in total. The van der Waals surface area contributed by atoms with Gasteiger partial charge in [-0.05, 0) is 44.4 Å². The Kier molecular flexibility index (Phi) is 6.03. The van der Waals surface area contributed by atoms with E-state index >= 15 is 0 Å². The van der Waals surface area contributed by atoms with Crippen LogP contribution in [0, 0.1) is 5.92 Å². The van der Waals surface area contributed by atoms with Crippen LogP contribution in [-0.4, -0.2) is 22.9 Å². The van der Waals surface area contributed by atoms with E-state index in [1.165, 1.54) is 0 Å². The van der Waals surface area contributed by atoms with Gasteiger partial charge in [0.25, 0.3) is 0 Å². The Morgan fingerprint density at radius 2 is 1.80 bits per heavy atom. The molecular formula is C16H25ClN2O. The quantitative estimate of drug-likeness (QED) is 0.902. The van der Waals surface area contributed by atoms with Crippen molar-refractivity contribution in [3.8, 4) is 0 Å². The predicted molar refractivity (Wildman–Crippen MR) is 84.7 cm³/mol. The van der Waals surface area contributed by atoms with Crippen LogP contribution in [0.25, 0.3) is 0 Å². The molecule has 4 heteroatoms. The van der Waals surface area contributed by atoms with Gasteiger partial charge >= 0.3 is 0 Å². The second-order valence-corrected chi connectivity index (χ2v) is 6.28. The maximum absolute atomic E-state index is 12.6. The molecule has 1 amide bonds. The Hall–Kier alpha value is -1.06. The number of nitrogens with zero attached hydrogens (tertiary/aromatic N) is 1. The molecule has 1 unspecified atom stereocenters. The zero-order chi connectivity index (χ0) is 15.4. The summed E-state index contributed by atoms with van der Waals surface area (Å²) in [5.74, 6) is 0.109. The number of carbonyl (C=O) groups excluding carboxylic acids is 1. The fourth-order valence-corrected chi connectivity index (χ4v) is 2.48. The van der Waals surface area contributed by atoms with E-state index in [-0.39, 0.29) is 23.9 Å². The number of benzene rings is 1. The van der Waals surface area contributed by atoms with Crippen molar-refractivity contribution in [1.29, 1.82) is 0 Å². The second-order valence-electron chi connectivity index (χ2n) is 5.84. The summed E-state index contributed by atoms with van der Waals surface area (Å²) in [5.41, 5.74) is 7.05. The Labute approximate surface area is 127 Å². The Morgan fingerprint density at radius 3 is 2.25 bits per heavy atom. The van der Waals surface area contributed by atoms with Crippen LogP contribution in [0.2, 0.25) is 5.02 Å². The van der Waals surface area contributed by atoms with E-state index in [4.69, 9.17) is 17.3 Å². The Balaban J connectivity index is 3.05. The third kappa shape index (κ3) is 3.97. The van der Waals surface area contributed by atoms with Gasteiger partial charge < -0.3 is 10.6 Å². The van der Waals surface area contributed by atoms with Crippen LogP contribution in [0.5, 0.6) is 0 Å². The summed E-state index contributed by atoms with van der Waals surface area (Å²) in [6.45, 7) is 9.95. The molecule has 20 heavy (non-hydrogen) atoms. The molecule has 0 spiro atoms. The van der Waals surface area contributed by atoms with Gasteiger partial charge in [0, 0.05) is 11.1 Å². The first-order valence-electron chi connectivity index (χ1n) is 7.09. The average Bonchev–Trinajstić information content (AvgIpc) is 2.37. The predicted octanol–water partition coefficient (Wildman–Crippen LogP) is 3.62. The minimum atomic E-state index is -0.473. The summed E-state index contributed by atoms with van der Waals surface area (Å²) in [7, 11) is 0. The highest BCUT2D eigenvalue weighted by Gasteiger charge is 2.29. The van der Waals surface area contributed by atoms with Crippen LogP contribution in [-0.2, 0) is 4.79 Å². The fraction of sp³-hybridized carbons (Fsp3) is 0.562. The largest absolute Gasteiger partial charge is 0.332 e. The molecule has 2 N–H and O–H groups in total. The van der Waals surface area contributed by atoms with Crippen LogP contribution >= 0.6 is 11.6 Å². The van der Waals surface area contributed by atoms with Crippen LogP contribution in [0.3, 0.4) is 0 Å². The lowest BCUT2D eigenvalue weighted by molar-refractivity contribution is -0.137. The second kappa shape index (κ2) is 7.09. The highest BCUT2D eigenvalue weighted by atomic mass is 35.5. The first-order valence-corrected chi connectivity index (χ1v) is 7.46. The Morgan fingerprint density at radius 1 is 1.20 bits per heavy atom. The molecule has 0 saturated carbocycles. The van der Waals surface area contributed by atoms with Crippen molar-refractivity contribution in [1.82, 2.24) is 4.90 Å². The summed E-state index contributed by atoms with van der Waals surface area (Å²) >= 11 is 6.04. The maximum atomic E-state index is 12.6. The van der Waals surface area contributed by atoms with Gasteiger partial charge in [0.1, 0.15) is 0 Å². The van der Waals surface area contributed by atoms with Gasteiger partial charge in [-0.2, -0.15) is 0 Å². The third-order valence-electron chi connectivity index (χ3n) is 3.56. The summed E-state index contributed by atoms with van der Waals surface area (Å²) in [6.07, 6.45) is 0. The average molecular weight is 297 g/mol. The minimum absolute atomic E-state index is 0.0116. The third-order valence-corrected chi connectivity index (χ3v) is 3.80. The topological polar surface area (TPSA) is 46.3 Å². The number of nitrogens with two attached hydrogens (primary N) is 1. The monoisotopic (exact) mass is 296 g/mol. The van der Waals surface area contributed by atoms with Crippen LogP contribution < -0.4 is 5.73 Å². The number of hydrogen-bond acceptors (Lipinski definition) is 2. The highest BCUT2D eigenvalue weighted by molar-refractivity contribution is 6.30. The fourth-order valence-electron chi connectivity index (χ4n) is 2.28. The van der Waals surface area contributed by atoms with E-state index in [2.05, 4.69) is 0 Å². The molecule has 0 saturated heterocycles. The first kappa shape index (κ1) is 17.0. The molecular weight excluding hydrogens is 272 g/mol. The molecule has 0 fully saturated rings. The van der Waals surface area contributed by atoms with E-state index in [9.17, 15) is 4.79 Å². The lowest BCUT2D eigenvalue weighted by atomic mass is 9.99. The summed E-state index contributed by atoms with van der Waals surface area (Å²) in [5, 5.41) is 0.679. The maximum Gasteiger partial charge on any atom is 0.240 e. The number of carbonyl (C=O) groups is 1. The molecule has 0 aliphatic rings. The van der Waals surface area contributed by atoms with E-state index < -0.39 is 6.04 Å². The van der Waals surface area contributed by atoms with Gasteiger partial charge in [0.15, 0.2) is 0 Å². The molecule has 0 aliphatic carbocycles. The summed E-state index contributed by atoms with van der Waals surface area (Å²) in [4.78, 5) is 14.4. The van der Waals surface area contributed by atoms with E-state index in [0.717, 1.165) is 5.56 Å². The van der Waals surface area contributed by atoms with Gasteiger partial charge in [-0.25, -0.2) is 0 Å². The SMILES string of the molecule is CC(C)C(N)C(=O)N(C(C)C)[C@@H](C)c1cccc(Cl)c1. The lowest BCUT2D eigenvalue weighted by Gasteiger charge is -2.36. The molecule has 0 aromatic heterocycles. The Bertz CT molecular complexity index is 460. The van der Waals surface area contributed by atoms with Gasteiger partial charge in [0.05, 0.1) is 12.1 Å². The number of halogens is 1. The van der Waals surface area contributed by atoms with Gasteiger partial charge in [-0.1, -0.05) is 37.6 Å². The van der Waals surface area contributed by atoms with E-state index in [1.54, 1.807) is 0 Å². The van der Waals surface area contributed by atoms with E-state index in [1.807, 2.05) is 63.8 Å². The summed E-state index contributed by atoms with van der Waals surface area (Å²) < 4.78 is 0. The van der Waals surface area contributed by atoms with Crippen molar-refractivity contribution in [2.45, 2.75) is 52.7 Å². The molecule has 2 atom stereocenters. The molecule has 1 aromatic rings. The van der Waals surface area contributed by atoms with Gasteiger partial charge in [-0.3, -0.25) is 4.79 Å². The van der Waals surface area contributed by atoms with Crippen molar-refractivity contribution in [3.63, 3.8) is 0 Å². The molecule has 1 rings (SSSR count). The number of amides is 1. The van der Waals surface area contributed by atoms with Crippen molar-refractivity contribution < 1.29 is 4.79 Å². The van der Waals surface area contributed by atoms with Gasteiger partial charge in [-0.15, -0.1) is 0 Å². The first-order chi connectivity index (χ1) is 9.25. The highest BCUT2D eigenvalue weighted by Crippen LogP contribution is 2.26. The normalized spacial score (nSPS) is 14.4. The molecule has 0 heterocycles. The zero-order valence-corrected chi connectivity index (χ0v) is 13.7. The molecule has 0 bridgehead atoms. The summed E-state index contributed by atoms with van der Waals surface area (Å²) in [6, 6.07) is 7.18. The van der Waals surface area contributed by atoms with Crippen LogP contribution in [0.4, 0.5) is 0 Å². The van der Waals surface area contributed by atoms with E-state index in [0.29, 0.717) is 5.02 Å². The number of hydrogen-bond donors (Lipinski definition) is 1. The van der Waals surface area contributed by atoms with Crippen molar-refractivity contribution in [3.05, 3.63) is 34.9 Å². The van der Waals surface area contributed by atoms with Crippen molar-refractivity contribution in [2.75, 3.05) is 0 Å². The minimum Gasteiger partial charge on any atom is -0.332 e. The van der Waals surface area contributed by atoms with Crippen LogP contribution in [0.15, 0.2) is 24.3 Å². The standard InChI is InChI=1S/C16H25ClN2O/c1-10(2)15(18)16(20)19(11(3)4)12(5)13-7-6-8-14(17)9-13/h6-12,15H,18H2,1-5H3/t12-,15?/m0/s1. The molecule has 1 aromatic carbocycles. The zero-order valence-electron chi connectivity index (χ0n) is 12.9. The molecule has 112 valence electrons. The molecule has 0 aliphatic heterocycles. The smallest absolute Gasteiger partial charge is 0.240 e. The van der Waals surface area contributed by atoms with Gasteiger partial charge in [0.2, 0.25) is 5.91 Å². The van der Waals surface area contributed by atoms with Crippen LogP contribution in [0.1, 0.15) is 46.2 Å². The number of rotatable bonds is 5. The molecule has 0 radical (unpaired) electrons. The van der Waals surface area contributed by atoms with Crippen molar-refractivity contribution in [2.24, 2.45) is 11.7 Å². The van der Waals surface area contributed by atoms with Crippen molar-refractivity contribution >= 4 is 17.5 Å². The lowest BCUT2D eigenvalue weighted by Crippen LogP contribution is -2.50.